The molecule has 1 heterocycles. The Balaban J connectivity index is 1.46. The van der Waals surface area contributed by atoms with Gasteiger partial charge in [0.05, 0.1) is 5.69 Å². The number of benzene rings is 2. The smallest absolute Gasteiger partial charge is 0.260 e. The van der Waals surface area contributed by atoms with E-state index in [0.717, 1.165) is 30.2 Å². The number of nitrogens with zero attached hydrogens (tertiary/aromatic N) is 2. The van der Waals surface area contributed by atoms with Gasteiger partial charge in [0.1, 0.15) is 5.75 Å². The Labute approximate surface area is 159 Å². The van der Waals surface area contributed by atoms with Gasteiger partial charge in [-0.05, 0) is 42.3 Å². The number of piperazine rings is 1. The topological polar surface area (TPSA) is 58.8 Å². The number of rotatable bonds is 5. The highest BCUT2D eigenvalue weighted by atomic mass is 35.5. The molecule has 26 heavy (non-hydrogen) atoms. The molecular weight excluding hydrogens is 350 g/mol. The summed E-state index contributed by atoms with van der Waals surface area (Å²) < 4.78 is 5.62. The van der Waals surface area contributed by atoms with Crippen LogP contribution in [0.3, 0.4) is 0 Å². The molecule has 2 aromatic carbocycles. The first-order valence-corrected chi connectivity index (χ1v) is 9.12. The number of amides is 1. The lowest BCUT2D eigenvalue weighted by Crippen LogP contribution is -2.49. The monoisotopic (exact) mass is 373 g/mol. The Morgan fingerprint density at radius 2 is 1.81 bits per heavy atom. The summed E-state index contributed by atoms with van der Waals surface area (Å²) in [7, 11) is 0. The average Bonchev–Trinajstić information content (AvgIpc) is 2.65. The zero-order chi connectivity index (χ0) is 18.5. The van der Waals surface area contributed by atoms with Crippen molar-refractivity contribution >= 4 is 23.2 Å². The van der Waals surface area contributed by atoms with Gasteiger partial charge in [-0.15, -0.1) is 0 Å². The van der Waals surface area contributed by atoms with Gasteiger partial charge < -0.3 is 15.4 Å². The number of carbonyl (C=O) groups is 1. The second-order valence-electron chi connectivity index (χ2n) is 6.61. The second-order valence-corrected chi connectivity index (χ2v) is 7.05. The van der Waals surface area contributed by atoms with Gasteiger partial charge in [0, 0.05) is 37.7 Å². The molecule has 1 saturated heterocycles. The number of hydrogen-bond acceptors (Lipinski definition) is 4. The van der Waals surface area contributed by atoms with Gasteiger partial charge in [-0.2, -0.15) is 0 Å². The van der Waals surface area contributed by atoms with Crippen molar-refractivity contribution in [2.24, 2.45) is 0 Å². The summed E-state index contributed by atoms with van der Waals surface area (Å²) in [5.74, 6) is 0.566. The molecule has 0 bridgehead atoms. The summed E-state index contributed by atoms with van der Waals surface area (Å²) in [5, 5.41) is 0.749. The van der Waals surface area contributed by atoms with Crippen LogP contribution in [0.25, 0.3) is 0 Å². The van der Waals surface area contributed by atoms with Gasteiger partial charge >= 0.3 is 0 Å². The summed E-state index contributed by atoms with van der Waals surface area (Å²) in [6.07, 6.45) is 0. The Morgan fingerprint density at radius 1 is 1.12 bits per heavy atom. The molecule has 1 amide bonds. The fraction of sp³-hybridized carbons (Fsp3) is 0.350. The molecule has 1 aliphatic heterocycles. The normalized spacial score (nSPS) is 15.1. The third-order valence-electron chi connectivity index (χ3n) is 4.56. The summed E-state index contributed by atoms with van der Waals surface area (Å²) in [6.45, 7) is 5.97. The van der Waals surface area contributed by atoms with Gasteiger partial charge in [-0.3, -0.25) is 9.69 Å². The first-order valence-electron chi connectivity index (χ1n) is 8.75. The van der Waals surface area contributed by atoms with Crippen LogP contribution >= 0.6 is 11.6 Å². The maximum absolute atomic E-state index is 12.4. The molecule has 2 N–H and O–H groups in total. The molecule has 5 nitrogen and oxygen atoms in total. The van der Waals surface area contributed by atoms with E-state index in [1.165, 1.54) is 5.56 Å². The highest BCUT2D eigenvalue weighted by Crippen LogP contribution is 2.22. The van der Waals surface area contributed by atoms with Crippen LogP contribution in [0.5, 0.6) is 5.75 Å². The number of ether oxygens (including phenoxy) is 1. The predicted octanol–water partition coefficient (Wildman–Crippen LogP) is 2.95. The highest BCUT2D eigenvalue weighted by molar-refractivity contribution is 6.30. The minimum absolute atomic E-state index is 0.00273. The molecule has 0 aliphatic carbocycles. The minimum atomic E-state index is -0.00273. The Morgan fingerprint density at radius 3 is 2.50 bits per heavy atom. The molecule has 1 aliphatic rings. The number of carbonyl (C=O) groups excluding carboxylic acids is 1. The van der Waals surface area contributed by atoms with E-state index in [2.05, 4.69) is 4.90 Å². The van der Waals surface area contributed by atoms with E-state index < -0.39 is 0 Å². The van der Waals surface area contributed by atoms with Crippen LogP contribution in [0.15, 0.2) is 42.5 Å². The lowest BCUT2D eigenvalue weighted by atomic mass is 10.2. The van der Waals surface area contributed by atoms with Crippen molar-refractivity contribution in [1.82, 2.24) is 9.80 Å². The summed E-state index contributed by atoms with van der Waals surface area (Å²) >= 11 is 5.92. The Hall–Kier alpha value is -2.24. The number of hydrogen-bond donors (Lipinski definition) is 1. The number of anilines is 1. The van der Waals surface area contributed by atoms with Crippen molar-refractivity contribution < 1.29 is 9.53 Å². The van der Waals surface area contributed by atoms with Crippen molar-refractivity contribution in [2.45, 2.75) is 13.5 Å². The van der Waals surface area contributed by atoms with Gasteiger partial charge in [0.25, 0.3) is 5.91 Å². The number of aryl methyl sites for hydroxylation is 1. The molecule has 0 atom stereocenters. The molecule has 0 radical (unpaired) electrons. The van der Waals surface area contributed by atoms with Crippen LogP contribution in [0.1, 0.15) is 11.1 Å². The first kappa shape index (κ1) is 18.5. The van der Waals surface area contributed by atoms with Gasteiger partial charge in [-0.1, -0.05) is 29.8 Å². The zero-order valence-corrected chi connectivity index (χ0v) is 15.7. The van der Waals surface area contributed by atoms with E-state index in [1.54, 1.807) is 6.07 Å². The van der Waals surface area contributed by atoms with Gasteiger partial charge in [-0.25, -0.2) is 0 Å². The number of nitrogens with two attached hydrogens (primary N) is 1. The Bertz CT molecular complexity index is 756. The first-order chi connectivity index (χ1) is 12.5. The van der Waals surface area contributed by atoms with Crippen LogP contribution in [0.4, 0.5) is 5.69 Å². The van der Waals surface area contributed by atoms with Crippen LogP contribution in [0, 0.1) is 6.92 Å². The SMILES string of the molecule is Cc1ccc(N)c(OCC(=O)N2CCN(Cc3ccc(Cl)cc3)CC2)c1. The van der Waals surface area contributed by atoms with E-state index in [0.29, 0.717) is 24.5 Å². The second kappa shape index (κ2) is 8.43. The van der Waals surface area contributed by atoms with Crippen molar-refractivity contribution in [3.8, 4) is 5.75 Å². The van der Waals surface area contributed by atoms with Crippen molar-refractivity contribution in [1.29, 1.82) is 0 Å². The molecule has 6 heteroatoms. The maximum Gasteiger partial charge on any atom is 0.260 e. The van der Waals surface area contributed by atoms with Crippen LogP contribution in [-0.2, 0) is 11.3 Å². The Kier molecular flexibility index (Phi) is 6.01. The predicted molar refractivity (Wildman–Crippen MR) is 104 cm³/mol. The largest absolute Gasteiger partial charge is 0.482 e. The van der Waals surface area contributed by atoms with E-state index in [9.17, 15) is 4.79 Å². The minimum Gasteiger partial charge on any atom is -0.482 e. The van der Waals surface area contributed by atoms with Gasteiger partial charge in [0.15, 0.2) is 6.61 Å². The van der Waals surface area contributed by atoms with Crippen LogP contribution in [0.2, 0.25) is 5.02 Å². The molecular formula is C20H24ClN3O2. The summed E-state index contributed by atoms with van der Waals surface area (Å²) in [4.78, 5) is 16.6. The molecule has 0 unspecified atom stereocenters. The molecule has 3 rings (SSSR count). The molecule has 138 valence electrons. The third kappa shape index (κ3) is 4.90. The van der Waals surface area contributed by atoms with Crippen molar-refractivity contribution in [3.63, 3.8) is 0 Å². The maximum atomic E-state index is 12.4. The lowest BCUT2D eigenvalue weighted by molar-refractivity contribution is -0.135. The molecule has 0 aromatic heterocycles. The van der Waals surface area contributed by atoms with Crippen LogP contribution in [-0.4, -0.2) is 48.5 Å². The fourth-order valence-electron chi connectivity index (χ4n) is 3.00. The average molecular weight is 374 g/mol. The zero-order valence-electron chi connectivity index (χ0n) is 15.0. The fourth-order valence-corrected chi connectivity index (χ4v) is 3.13. The van der Waals surface area contributed by atoms with Crippen molar-refractivity contribution in [2.75, 3.05) is 38.5 Å². The summed E-state index contributed by atoms with van der Waals surface area (Å²) in [6, 6.07) is 13.5. The van der Waals surface area contributed by atoms with Crippen molar-refractivity contribution in [3.05, 3.63) is 58.6 Å². The molecule has 0 spiro atoms. The van der Waals surface area contributed by atoms with E-state index in [4.69, 9.17) is 22.1 Å². The standard InChI is InChI=1S/C20H24ClN3O2/c1-15-2-7-18(22)19(12-15)26-14-20(25)24-10-8-23(9-11-24)13-16-3-5-17(21)6-4-16/h2-7,12H,8-11,13-14,22H2,1H3. The molecule has 0 saturated carbocycles. The quantitative estimate of drug-likeness (QED) is 0.818. The highest BCUT2D eigenvalue weighted by Gasteiger charge is 2.21. The van der Waals surface area contributed by atoms with Crippen LogP contribution < -0.4 is 10.5 Å². The number of nitrogen functional groups attached to an aromatic ring is 1. The number of halogens is 1. The lowest BCUT2D eigenvalue weighted by Gasteiger charge is -2.34. The van der Waals surface area contributed by atoms with E-state index in [1.807, 2.05) is 48.2 Å². The van der Waals surface area contributed by atoms with E-state index >= 15 is 0 Å². The molecule has 2 aromatic rings. The van der Waals surface area contributed by atoms with Gasteiger partial charge in [0.2, 0.25) is 0 Å². The third-order valence-corrected chi connectivity index (χ3v) is 4.82. The summed E-state index contributed by atoms with van der Waals surface area (Å²) in [5.41, 5.74) is 8.72. The molecule has 1 fully saturated rings. The van der Waals surface area contributed by atoms with E-state index in [-0.39, 0.29) is 12.5 Å².